The van der Waals surface area contributed by atoms with E-state index >= 15 is 0 Å². The smallest absolute Gasteiger partial charge is 0.129 e. The van der Waals surface area contributed by atoms with Crippen LogP contribution in [0.25, 0.3) is 0 Å². The highest BCUT2D eigenvalue weighted by Crippen LogP contribution is 2.23. The largest absolute Gasteiger partial charge is 0.135 e. The zero-order valence-electron chi connectivity index (χ0n) is 14.0. The minimum atomic E-state index is -1.33. The van der Waals surface area contributed by atoms with Crippen molar-refractivity contribution in [1.29, 1.82) is 0 Å². The molecule has 0 radical (unpaired) electrons. The third-order valence-electron chi connectivity index (χ3n) is 3.17. The van der Waals surface area contributed by atoms with E-state index in [1.165, 1.54) is 20.9 Å². The van der Waals surface area contributed by atoms with Gasteiger partial charge in [0.1, 0.15) is 8.07 Å². The minimum absolute atomic E-state index is 1.02. The summed E-state index contributed by atoms with van der Waals surface area (Å²) in [6, 6.07) is 4.39. The molecular formula is C19H22S2Si. The SMILES string of the molecule is CCc1ccsc1C#Cc1cc(CC)c(C#C[Si](C)(C)C)s1. The molecule has 3 heteroatoms. The number of hydrogen-bond donors (Lipinski definition) is 0. The van der Waals surface area contributed by atoms with Crippen molar-refractivity contribution in [1.82, 2.24) is 0 Å². The highest BCUT2D eigenvalue weighted by atomic mass is 32.1. The highest BCUT2D eigenvalue weighted by Gasteiger charge is 2.09. The molecule has 0 amide bonds. The Morgan fingerprint density at radius 1 is 0.955 bits per heavy atom. The van der Waals surface area contributed by atoms with Crippen molar-refractivity contribution in [3.63, 3.8) is 0 Å². The Hall–Kier alpha value is -1.26. The number of aryl methyl sites for hydroxylation is 2. The maximum absolute atomic E-state index is 3.47. The average Bonchev–Trinajstić information content (AvgIpc) is 3.07. The van der Waals surface area contributed by atoms with E-state index < -0.39 is 8.07 Å². The van der Waals surface area contributed by atoms with Crippen LogP contribution in [0, 0.1) is 23.3 Å². The molecule has 2 heterocycles. The zero-order chi connectivity index (χ0) is 16.2. The molecule has 0 unspecified atom stereocenters. The van der Waals surface area contributed by atoms with Crippen LogP contribution >= 0.6 is 22.7 Å². The van der Waals surface area contributed by atoms with Gasteiger partial charge in [0.2, 0.25) is 0 Å². The molecule has 0 bridgehead atoms. The topological polar surface area (TPSA) is 0 Å². The van der Waals surface area contributed by atoms with Gasteiger partial charge in [-0.05, 0) is 53.3 Å². The fourth-order valence-corrected chi connectivity index (χ4v) is 4.34. The van der Waals surface area contributed by atoms with Crippen molar-refractivity contribution in [2.75, 3.05) is 0 Å². The third kappa shape index (κ3) is 4.62. The van der Waals surface area contributed by atoms with Gasteiger partial charge in [0.05, 0.1) is 14.6 Å². The second-order valence-corrected chi connectivity index (χ2v) is 12.9. The zero-order valence-corrected chi connectivity index (χ0v) is 16.6. The van der Waals surface area contributed by atoms with Gasteiger partial charge in [0, 0.05) is 0 Å². The molecule has 0 N–H and O–H groups in total. The summed E-state index contributed by atoms with van der Waals surface area (Å²) in [5.41, 5.74) is 6.15. The maximum atomic E-state index is 3.47. The van der Waals surface area contributed by atoms with E-state index in [0.717, 1.165) is 17.7 Å². The lowest BCUT2D eigenvalue weighted by atomic mass is 10.2. The van der Waals surface area contributed by atoms with Crippen molar-refractivity contribution in [3.8, 4) is 23.3 Å². The second-order valence-electron chi connectivity index (χ2n) is 6.20. The molecule has 2 rings (SSSR count). The molecule has 0 atom stereocenters. The first-order chi connectivity index (χ1) is 10.4. The van der Waals surface area contributed by atoms with Crippen LogP contribution in [-0.4, -0.2) is 8.07 Å². The van der Waals surface area contributed by atoms with Gasteiger partial charge in [-0.3, -0.25) is 0 Å². The Morgan fingerprint density at radius 2 is 1.68 bits per heavy atom. The summed E-state index contributed by atoms with van der Waals surface area (Å²) in [5.74, 6) is 10.1. The van der Waals surface area contributed by atoms with Gasteiger partial charge in [-0.1, -0.05) is 39.4 Å². The van der Waals surface area contributed by atoms with Crippen LogP contribution in [0.15, 0.2) is 17.5 Å². The Balaban J connectivity index is 2.31. The van der Waals surface area contributed by atoms with Crippen molar-refractivity contribution < 1.29 is 0 Å². The lowest BCUT2D eigenvalue weighted by molar-refractivity contribution is 1.15. The van der Waals surface area contributed by atoms with Gasteiger partial charge in [0.15, 0.2) is 0 Å². The second kappa shape index (κ2) is 7.33. The molecule has 2 aromatic heterocycles. The van der Waals surface area contributed by atoms with E-state index in [2.05, 4.69) is 74.3 Å². The molecule has 0 aliphatic heterocycles. The molecule has 0 saturated heterocycles. The van der Waals surface area contributed by atoms with Gasteiger partial charge in [0.25, 0.3) is 0 Å². The maximum Gasteiger partial charge on any atom is 0.129 e. The number of thiophene rings is 2. The fourth-order valence-electron chi connectivity index (χ4n) is 1.95. The monoisotopic (exact) mass is 342 g/mol. The van der Waals surface area contributed by atoms with Crippen molar-refractivity contribution in [2.24, 2.45) is 0 Å². The molecule has 0 saturated carbocycles. The van der Waals surface area contributed by atoms with Crippen LogP contribution in [0.3, 0.4) is 0 Å². The van der Waals surface area contributed by atoms with Crippen LogP contribution < -0.4 is 0 Å². The van der Waals surface area contributed by atoms with Crippen LogP contribution in [0.1, 0.15) is 39.6 Å². The molecule has 22 heavy (non-hydrogen) atoms. The summed E-state index contributed by atoms with van der Waals surface area (Å²) in [6.07, 6.45) is 2.07. The van der Waals surface area contributed by atoms with Crippen LogP contribution in [0.5, 0.6) is 0 Å². The lowest BCUT2D eigenvalue weighted by Crippen LogP contribution is -2.16. The molecule has 0 spiro atoms. The molecule has 2 aromatic rings. The summed E-state index contributed by atoms with van der Waals surface area (Å²) in [5, 5.41) is 2.12. The number of rotatable bonds is 2. The van der Waals surface area contributed by atoms with Crippen LogP contribution in [-0.2, 0) is 12.8 Å². The number of hydrogen-bond acceptors (Lipinski definition) is 2. The van der Waals surface area contributed by atoms with Crippen molar-refractivity contribution >= 4 is 30.7 Å². The minimum Gasteiger partial charge on any atom is -0.135 e. The van der Waals surface area contributed by atoms with Crippen LogP contribution in [0.2, 0.25) is 19.6 Å². The quantitative estimate of drug-likeness (QED) is 0.495. The lowest BCUT2D eigenvalue weighted by Gasteiger charge is -2.03. The van der Waals surface area contributed by atoms with Gasteiger partial charge in [-0.2, -0.15) is 0 Å². The third-order valence-corrected chi connectivity index (χ3v) is 5.92. The van der Waals surface area contributed by atoms with Gasteiger partial charge in [-0.25, -0.2) is 0 Å². The van der Waals surface area contributed by atoms with Crippen LogP contribution in [0.4, 0.5) is 0 Å². The Bertz CT molecular complexity index is 764. The molecule has 0 nitrogen and oxygen atoms in total. The predicted octanol–water partition coefficient (Wildman–Crippen LogP) is 5.56. The fraction of sp³-hybridized carbons (Fsp3) is 0.368. The predicted molar refractivity (Wildman–Crippen MR) is 104 cm³/mol. The van der Waals surface area contributed by atoms with E-state index in [1.54, 1.807) is 22.7 Å². The summed E-state index contributed by atoms with van der Waals surface area (Å²) in [6.45, 7) is 11.2. The summed E-state index contributed by atoms with van der Waals surface area (Å²) >= 11 is 3.47. The molecule has 0 aliphatic rings. The first-order valence-corrected chi connectivity index (χ1v) is 12.9. The van der Waals surface area contributed by atoms with Gasteiger partial charge >= 0.3 is 0 Å². The van der Waals surface area contributed by atoms with E-state index in [-0.39, 0.29) is 0 Å². The molecule has 114 valence electrons. The van der Waals surface area contributed by atoms with Crippen molar-refractivity contribution in [3.05, 3.63) is 43.3 Å². The van der Waals surface area contributed by atoms with Crippen molar-refractivity contribution in [2.45, 2.75) is 46.3 Å². The van der Waals surface area contributed by atoms with E-state index in [0.29, 0.717) is 0 Å². The normalized spacial score (nSPS) is 10.6. The molecule has 0 aromatic carbocycles. The first-order valence-electron chi connectivity index (χ1n) is 7.67. The first kappa shape index (κ1) is 17.1. The molecular weight excluding hydrogens is 320 g/mol. The Labute approximate surface area is 143 Å². The van der Waals surface area contributed by atoms with E-state index in [1.807, 2.05) is 0 Å². The highest BCUT2D eigenvalue weighted by molar-refractivity contribution is 7.13. The molecule has 0 fully saturated rings. The van der Waals surface area contributed by atoms with Gasteiger partial charge in [-0.15, -0.1) is 28.2 Å². The standard InChI is InChI=1S/C19H22S2Si/c1-6-15-10-12-20-18(15)9-8-17-14-16(7-2)19(21-17)11-13-22(3,4)5/h10,12,14H,6-7H2,1-5H3. The average molecular weight is 343 g/mol. The Morgan fingerprint density at radius 3 is 2.32 bits per heavy atom. The summed E-state index contributed by atoms with van der Waals surface area (Å²) in [4.78, 5) is 3.53. The van der Waals surface area contributed by atoms with E-state index in [4.69, 9.17) is 0 Å². The summed E-state index contributed by atoms with van der Waals surface area (Å²) < 4.78 is 0. The van der Waals surface area contributed by atoms with E-state index in [9.17, 15) is 0 Å². The summed E-state index contributed by atoms with van der Waals surface area (Å²) in [7, 11) is -1.33. The van der Waals surface area contributed by atoms with Gasteiger partial charge < -0.3 is 0 Å². The Kier molecular flexibility index (Phi) is 5.70. The molecule has 0 aliphatic carbocycles.